The smallest absolute Gasteiger partial charge is 0.138 e. The maximum absolute atomic E-state index is 10.4. The molecule has 1 aromatic heterocycles. The molecule has 3 rings (SSSR count). The fourth-order valence-electron chi connectivity index (χ4n) is 2.75. The number of rotatable bonds is 9. The number of hydrogen-bond donors (Lipinski definition) is 1. The molecular weight excluding hydrogens is 350 g/mol. The molecule has 0 spiro atoms. The first-order valence-electron chi connectivity index (χ1n) is 8.55. The first-order chi connectivity index (χ1) is 12.7. The molecule has 136 valence electrons. The summed E-state index contributed by atoms with van der Waals surface area (Å²) < 4.78 is 11.1. The Bertz CT molecular complexity index is 777. The third-order valence-electron chi connectivity index (χ3n) is 3.95. The van der Waals surface area contributed by atoms with Crippen LogP contribution >= 0.6 is 11.6 Å². The molecule has 2 aromatic carbocycles. The molecule has 1 atom stereocenters. The lowest BCUT2D eigenvalue weighted by Gasteiger charge is -2.24. The molecule has 4 nitrogen and oxygen atoms in total. The summed E-state index contributed by atoms with van der Waals surface area (Å²) in [4.78, 5) is 2.13. The highest BCUT2D eigenvalue weighted by Gasteiger charge is 2.15. The SMILES string of the molecule is OC(COc1ccccc1Cl)CN(Cc1ccccc1)Cc1ccco1. The van der Waals surface area contributed by atoms with E-state index in [1.807, 2.05) is 42.5 Å². The summed E-state index contributed by atoms with van der Waals surface area (Å²) in [6.45, 7) is 1.96. The van der Waals surface area contributed by atoms with Crippen molar-refractivity contribution in [2.75, 3.05) is 13.2 Å². The van der Waals surface area contributed by atoms with E-state index < -0.39 is 6.10 Å². The minimum atomic E-state index is -0.648. The lowest BCUT2D eigenvalue weighted by Crippen LogP contribution is -2.35. The summed E-state index contributed by atoms with van der Waals surface area (Å²) in [5.74, 6) is 1.44. The van der Waals surface area contributed by atoms with Crippen LogP contribution in [0.1, 0.15) is 11.3 Å². The van der Waals surface area contributed by atoms with Crippen LogP contribution < -0.4 is 4.74 Å². The summed E-state index contributed by atoms with van der Waals surface area (Å²) in [5, 5.41) is 11.0. The second kappa shape index (κ2) is 9.43. The van der Waals surface area contributed by atoms with E-state index in [4.69, 9.17) is 20.8 Å². The highest BCUT2D eigenvalue weighted by molar-refractivity contribution is 6.32. The first kappa shape index (κ1) is 18.5. The Morgan fingerprint density at radius 2 is 1.73 bits per heavy atom. The molecule has 0 aliphatic rings. The molecule has 26 heavy (non-hydrogen) atoms. The number of nitrogens with zero attached hydrogens (tertiary/aromatic N) is 1. The fourth-order valence-corrected chi connectivity index (χ4v) is 2.94. The van der Waals surface area contributed by atoms with E-state index in [1.54, 1.807) is 18.4 Å². The Morgan fingerprint density at radius 1 is 0.962 bits per heavy atom. The molecule has 0 saturated heterocycles. The zero-order valence-electron chi connectivity index (χ0n) is 14.4. The number of hydrogen-bond acceptors (Lipinski definition) is 4. The minimum Gasteiger partial charge on any atom is -0.489 e. The average molecular weight is 372 g/mol. The van der Waals surface area contributed by atoms with Gasteiger partial charge in [0.1, 0.15) is 24.2 Å². The molecule has 0 aliphatic heterocycles. The largest absolute Gasteiger partial charge is 0.489 e. The predicted octanol–water partition coefficient (Wildman–Crippen LogP) is 4.38. The van der Waals surface area contributed by atoms with Crippen molar-refractivity contribution in [2.24, 2.45) is 0 Å². The monoisotopic (exact) mass is 371 g/mol. The number of aliphatic hydroxyl groups is 1. The van der Waals surface area contributed by atoms with Crippen LogP contribution in [-0.2, 0) is 13.1 Å². The molecule has 0 amide bonds. The van der Waals surface area contributed by atoms with Crippen molar-refractivity contribution in [3.63, 3.8) is 0 Å². The number of benzene rings is 2. The Kier molecular flexibility index (Phi) is 6.72. The zero-order chi connectivity index (χ0) is 18.2. The van der Waals surface area contributed by atoms with E-state index in [2.05, 4.69) is 17.0 Å². The predicted molar refractivity (Wildman–Crippen MR) is 102 cm³/mol. The van der Waals surface area contributed by atoms with Crippen LogP contribution in [0.3, 0.4) is 0 Å². The Balaban J connectivity index is 1.59. The molecule has 1 unspecified atom stereocenters. The second-order valence-electron chi connectivity index (χ2n) is 6.13. The molecular formula is C21H22ClNO3. The number of para-hydroxylation sites is 1. The van der Waals surface area contributed by atoms with Gasteiger partial charge in [-0.3, -0.25) is 4.90 Å². The van der Waals surface area contributed by atoms with Crippen LogP contribution in [0, 0.1) is 0 Å². The summed E-state index contributed by atoms with van der Waals surface area (Å²) in [6.07, 6.45) is 1.01. The van der Waals surface area contributed by atoms with Crippen molar-refractivity contribution in [3.8, 4) is 5.75 Å². The highest BCUT2D eigenvalue weighted by atomic mass is 35.5. The van der Waals surface area contributed by atoms with Crippen LogP contribution in [0.4, 0.5) is 0 Å². The number of furan rings is 1. The lowest BCUT2D eigenvalue weighted by atomic mass is 10.2. The molecule has 5 heteroatoms. The molecule has 0 saturated carbocycles. The minimum absolute atomic E-state index is 0.174. The van der Waals surface area contributed by atoms with Crippen LogP contribution in [0.5, 0.6) is 5.75 Å². The molecule has 0 aliphatic carbocycles. The van der Waals surface area contributed by atoms with Gasteiger partial charge in [0.25, 0.3) is 0 Å². The number of ether oxygens (including phenoxy) is 1. The maximum atomic E-state index is 10.4. The van der Waals surface area contributed by atoms with E-state index in [-0.39, 0.29) is 6.61 Å². The Hall–Kier alpha value is -2.27. The molecule has 1 heterocycles. The summed E-state index contributed by atoms with van der Waals surface area (Å²) in [5.41, 5.74) is 1.18. The quantitative estimate of drug-likeness (QED) is 0.606. The van der Waals surface area contributed by atoms with Crippen LogP contribution in [0.2, 0.25) is 5.02 Å². The average Bonchev–Trinajstić information content (AvgIpc) is 3.15. The maximum Gasteiger partial charge on any atom is 0.138 e. The molecule has 3 aromatic rings. The summed E-state index contributed by atoms with van der Waals surface area (Å²) >= 11 is 6.09. The topological polar surface area (TPSA) is 45.8 Å². The normalized spacial score (nSPS) is 12.3. The van der Waals surface area contributed by atoms with Gasteiger partial charge in [0.05, 0.1) is 17.8 Å². The number of aliphatic hydroxyl groups excluding tert-OH is 1. The molecule has 0 fully saturated rings. The van der Waals surface area contributed by atoms with Gasteiger partial charge < -0.3 is 14.3 Å². The van der Waals surface area contributed by atoms with E-state index in [1.165, 1.54) is 5.56 Å². The summed E-state index contributed by atoms with van der Waals surface area (Å²) in [6, 6.07) is 21.2. The van der Waals surface area contributed by atoms with Gasteiger partial charge >= 0.3 is 0 Å². The van der Waals surface area contributed by atoms with Crippen molar-refractivity contribution >= 4 is 11.6 Å². The van der Waals surface area contributed by atoms with Gasteiger partial charge in [0.15, 0.2) is 0 Å². The van der Waals surface area contributed by atoms with E-state index >= 15 is 0 Å². The first-order valence-corrected chi connectivity index (χ1v) is 8.92. The molecule has 0 radical (unpaired) electrons. The van der Waals surface area contributed by atoms with Crippen molar-refractivity contribution < 1.29 is 14.3 Å². The Morgan fingerprint density at radius 3 is 2.46 bits per heavy atom. The van der Waals surface area contributed by atoms with Crippen LogP contribution in [-0.4, -0.2) is 29.3 Å². The lowest BCUT2D eigenvalue weighted by molar-refractivity contribution is 0.0605. The third kappa shape index (κ3) is 5.63. The zero-order valence-corrected chi connectivity index (χ0v) is 15.2. The van der Waals surface area contributed by atoms with Gasteiger partial charge in [-0.2, -0.15) is 0 Å². The number of halogens is 1. The van der Waals surface area contributed by atoms with Crippen LogP contribution in [0.25, 0.3) is 0 Å². The van der Waals surface area contributed by atoms with Crippen LogP contribution in [0.15, 0.2) is 77.4 Å². The molecule has 1 N–H and O–H groups in total. The van der Waals surface area contributed by atoms with E-state index in [0.29, 0.717) is 30.4 Å². The molecule has 0 bridgehead atoms. The van der Waals surface area contributed by atoms with Gasteiger partial charge in [-0.1, -0.05) is 54.1 Å². The van der Waals surface area contributed by atoms with E-state index in [0.717, 1.165) is 5.76 Å². The van der Waals surface area contributed by atoms with Gasteiger partial charge in [0, 0.05) is 13.1 Å². The van der Waals surface area contributed by atoms with Crippen molar-refractivity contribution in [2.45, 2.75) is 19.2 Å². The summed E-state index contributed by atoms with van der Waals surface area (Å²) in [7, 11) is 0. The van der Waals surface area contributed by atoms with Crippen molar-refractivity contribution in [1.29, 1.82) is 0 Å². The second-order valence-corrected chi connectivity index (χ2v) is 6.54. The van der Waals surface area contributed by atoms with Gasteiger partial charge in [-0.25, -0.2) is 0 Å². The van der Waals surface area contributed by atoms with Gasteiger partial charge in [-0.05, 0) is 29.8 Å². The van der Waals surface area contributed by atoms with Gasteiger partial charge in [-0.15, -0.1) is 0 Å². The Labute approximate surface area is 158 Å². The van der Waals surface area contributed by atoms with Crippen molar-refractivity contribution in [1.82, 2.24) is 4.90 Å². The van der Waals surface area contributed by atoms with Crippen molar-refractivity contribution in [3.05, 3.63) is 89.3 Å². The highest BCUT2D eigenvalue weighted by Crippen LogP contribution is 2.23. The third-order valence-corrected chi connectivity index (χ3v) is 4.26. The fraction of sp³-hybridized carbons (Fsp3) is 0.238. The standard InChI is InChI=1S/C21H22ClNO3/c22-20-10-4-5-11-21(20)26-16-18(24)14-23(15-19-9-6-12-25-19)13-17-7-2-1-3-8-17/h1-12,18,24H,13-16H2. The van der Waals surface area contributed by atoms with Gasteiger partial charge in [0.2, 0.25) is 0 Å². The van der Waals surface area contributed by atoms with E-state index in [9.17, 15) is 5.11 Å².